The van der Waals surface area contributed by atoms with E-state index in [1.807, 2.05) is 13.8 Å². The average molecular weight is 424 g/mol. The quantitative estimate of drug-likeness (QED) is 0.688. The molecule has 1 fully saturated rings. The van der Waals surface area contributed by atoms with Crippen LogP contribution in [0.3, 0.4) is 0 Å². The van der Waals surface area contributed by atoms with Crippen LogP contribution in [0.2, 0.25) is 0 Å². The Labute approximate surface area is 169 Å². The Kier molecular flexibility index (Phi) is 6.41. The van der Waals surface area contributed by atoms with Gasteiger partial charge in [-0.3, -0.25) is 4.79 Å². The first-order valence-electron chi connectivity index (χ1n) is 9.26. The normalized spacial score (nSPS) is 16.4. The average Bonchev–Trinajstić information content (AvgIpc) is 3.34. The number of carbonyl (C=O) groups is 1. The predicted molar refractivity (Wildman–Crippen MR) is 109 cm³/mol. The van der Waals surface area contributed by atoms with E-state index in [0.29, 0.717) is 23.9 Å². The van der Waals surface area contributed by atoms with Gasteiger partial charge in [-0.2, -0.15) is 9.40 Å². The van der Waals surface area contributed by atoms with Gasteiger partial charge in [0.25, 0.3) is 0 Å². The lowest BCUT2D eigenvalue weighted by Crippen LogP contribution is -2.28. The minimum Gasteiger partial charge on any atom is -0.310 e. The first kappa shape index (κ1) is 20.8. The van der Waals surface area contributed by atoms with Crippen molar-refractivity contribution in [2.45, 2.75) is 54.8 Å². The first-order valence-corrected chi connectivity index (χ1v) is 11.6. The largest absolute Gasteiger partial charge is 0.310 e. The van der Waals surface area contributed by atoms with Gasteiger partial charge in [-0.15, -0.1) is 0 Å². The summed E-state index contributed by atoms with van der Waals surface area (Å²) in [5.74, 6) is 0.482. The van der Waals surface area contributed by atoms with Crippen LogP contribution in [0, 0.1) is 0 Å². The number of amides is 1. The van der Waals surface area contributed by atoms with E-state index in [1.54, 1.807) is 36.0 Å². The second-order valence-corrected chi connectivity index (χ2v) is 10.2. The number of carbonyl (C=O) groups excluding carboxylic acids is 1. The Hall–Kier alpha value is -1.91. The molecule has 2 aromatic rings. The van der Waals surface area contributed by atoms with Gasteiger partial charge in [-0.05, 0) is 45.7 Å². The van der Waals surface area contributed by atoms with Crippen LogP contribution < -0.4 is 5.32 Å². The van der Waals surface area contributed by atoms with E-state index in [4.69, 9.17) is 0 Å². The first-order chi connectivity index (χ1) is 13.3. The maximum absolute atomic E-state index is 12.5. The number of pyridine rings is 1. The summed E-state index contributed by atoms with van der Waals surface area (Å²) in [7, 11) is -3.47. The van der Waals surface area contributed by atoms with Crippen LogP contribution in [-0.4, -0.2) is 51.7 Å². The van der Waals surface area contributed by atoms with Gasteiger partial charge < -0.3 is 5.32 Å². The maximum Gasteiger partial charge on any atom is 0.244 e. The molecule has 0 unspecified atom stereocenters. The Morgan fingerprint density at radius 1 is 1.18 bits per heavy atom. The zero-order chi connectivity index (χ0) is 20.3. The molecule has 2 aromatic heterocycles. The van der Waals surface area contributed by atoms with Crippen LogP contribution in [0.5, 0.6) is 0 Å². The van der Waals surface area contributed by atoms with Crippen molar-refractivity contribution in [2.24, 2.45) is 0 Å². The number of aromatic nitrogens is 3. The van der Waals surface area contributed by atoms with Gasteiger partial charge in [0.1, 0.15) is 10.7 Å². The lowest BCUT2D eigenvalue weighted by molar-refractivity contribution is -0.115. The zero-order valence-electron chi connectivity index (χ0n) is 16.2. The molecule has 1 aliphatic heterocycles. The smallest absolute Gasteiger partial charge is 0.244 e. The van der Waals surface area contributed by atoms with E-state index in [0.717, 1.165) is 12.8 Å². The summed E-state index contributed by atoms with van der Waals surface area (Å²) in [6.45, 7) is 6.88. The van der Waals surface area contributed by atoms with Gasteiger partial charge in [0.05, 0.1) is 16.5 Å². The second-order valence-electron chi connectivity index (χ2n) is 6.95. The summed E-state index contributed by atoms with van der Waals surface area (Å²) in [6.07, 6.45) is 4.80. The Morgan fingerprint density at radius 3 is 2.50 bits per heavy atom. The second kappa shape index (κ2) is 8.62. The van der Waals surface area contributed by atoms with Crippen LogP contribution in [0.25, 0.3) is 0 Å². The number of hydrogen-bond acceptors (Lipinski definition) is 6. The van der Waals surface area contributed by atoms with Crippen molar-refractivity contribution >= 4 is 33.5 Å². The maximum atomic E-state index is 12.5. The van der Waals surface area contributed by atoms with Crippen LogP contribution in [-0.2, 0) is 14.8 Å². The van der Waals surface area contributed by atoms with Crippen molar-refractivity contribution in [3.05, 3.63) is 30.6 Å². The molecule has 28 heavy (non-hydrogen) atoms. The van der Waals surface area contributed by atoms with Crippen LogP contribution >= 0.6 is 11.8 Å². The van der Waals surface area contributed by atoms with Crippen molar-refractivity contribution in [1.82, 2.24) is 19.1 Å². The van der Waals surface area contributed by atoms with Crippen molar-refractivity contribution in [1.29, 1.82) is 0 Å². The molecule has 1 atom stereocenters. The van der Waals surface area contributed by atoms with E-state index in [-0.39, 0.29) is 16.8 Å². The highest BCUT2D eigenvalue weighted by atomic mass is 32.2. The van der Waals surface area contributed by atoms with E-state index < -0.39 is 15.3 Å². The summed E-state index contributed by atoms with van der Waals surface area (Å²) in [5, 5.41) is 7.27. The molecule has 152 valence electrons. The van der Waals surface area contributed by atoms with Gasteiger partial charge in [-0.25, -0.2) is 18.1 Å². The predicted octanol–water partition coefficient (Wildman–Crippen LogP) is 2.76. The van der Waals surface area contributed by atoms with Crippen molar-refractivity contribution in [2.75, 3.05) is 18.4 Å². The van der Waals surface area contributed by atoms with Crippen molar-refractivity contribution in [3.8, 4) is 0 Å². The van der Waals surface area contributed by atoms with Gasteiger partial charge in [-0.1, -0.05) is 11.8 Å². The van der Waals surface area contributed by atoms with Gasteiger partial charge in [0.2, 0.25) is 15.9 Å². The molecular weight excluding hydrogens is 398 g/mol. The monoisotopic (exact) mass is 423 g/mol. The Bertz CT molecular complexity index is 919. The summed E-state index contributed by atoms with van der Waals surface area (Å²) in [5.41, 5.74) is 0. The number of hydrogen-bond donors (Lipinski definition) is 1. The number of anilines is 1. The molecule has 0 aliphatic carbocycles. The van der Waals surface area contributed by atoms with E-state index in [1.165, 1.54) is 22.3 Å². The number of nitrogens with zero attached hydrogens (tertiary/aromatic N) is 4. The van der Waals surface area contributed by atoms with E-state index in [9.17, 15) is 13.2 Å². The highest BCUT2D eigenvalue weighted by Crippen LogP contribution is 2.25. The number of nitrogens with one attached hydrogen (secondary N) is 1. The van der Waals surface area contributed by atoms with Crippen molar-refractivity contribution < 1.29 is 13.2 Å². The minimum atomic E-state index is -3.47. The van der Waals surface area contributed by atoms with Crippen LogP contribution in [0.1, 0.15) is 39.7 Å². The van der Waals surface area contributed by atoms with Gasteiger partial charge in [0.15, 0.2) is 0 Å². The zero-order valence-corrected chi connectivity index (χ0v) is 17.8. The third kappa shape index (κ3) is 4.56. The molecule has 0 radical (unpaired) electrons. The third-order valence-corrected chi connectivity index (χ3v) is 7.42. The minimum absolute atomic E-state index is 0.139. The van der Waals surface area contributed by atoms with Crippen molar-refractivity contribution in [3.63, 3.8) is 0 Å². The molecule has 0 bridgehead atoms. The van der Waals surface area contributed by atoms with Crippen LogP contribution in [0.4, 0.5) is 5.82 Å². The molecule has 0 saturated carbocycles. The standard InChI is InChI=1S/C18H25N5O3S2/c1-13(2)23-16(8-9-20-23)21-18(24)14(3)27-17-7-6-15(12-19-17)28(25,26)22-10-4-5-11-22/h6-9,12-14H,4-5,10-11H2,1-3H3,(H,21,24)/t14-/m1/s1. The molecule has 0 spiro atoms. The fourth-order valence-electron chi connectivity index (χ4n) is 2.95. The molecule has 1 aliphatic rings. The number of rotatable bonds is 7. The highest BCUT2D eigenvalue weighted by Gasteiger charge is 2.27. The topological polar surface area (TPSA) is 97.2 Å². The summed E-state index contributed by atoms with van der Waals surface area (Å²) >= 11 is 1.28. The number of sulfonamides is 1. The third-order valence-electron chi connectivity index (χ3n) is 4.49. The molecule has 10 heteroatoms. The SMILES string of the molecule is CC(C)n1nccc1NC(=O)[C@@H](C)Sc1ccc(S(=O)(=O)N2CCCC2)cn1. The van der Waals surface area contributed by atoms with Crippen LogP contribution in [0.15, 0.2) is 40.5 Å². The molecule has 3 rings (SSSR count). The molecule has 8 nitrogen and oxygen atoms in total. The Balaban J connectivity index is 1.63. The van der Waals surface area contributed by atoms with Gasteiger partial charge >= 0.3 is 0 Å². The molecular formula is C18H25N5O3S2. The summed E-state index contributed by atoms with van der Waals surface area (Å²) < 4.78 is 28.3. The molecule has 1 saturated heterocycles. The fourth-order valence-corrected chi connectivity index (χ4v) is 5.21. The summed E-state index contributed by atoms with van der Waals surface area (Å²) in [6, 6.07) is 5.10. The lowest BCUT2D eigenvalue weighted by Gasteiger charge is -2.16. The van der Waals surface area contributed by atoms with E-state index >= 15 is 0 Å². The van der Waals surface area contributed by atoms with E-state index in [2.05, 4.69) is 15.4 Å². The Morgan fingerprint density at radius 2 is 1.89 bits per heavy atom. The molecule has 3 heterocycles. The lowest BCUT2D eigenvalue weighted by atomic mass is 10.4. The molecule has 1 amide bonds. The molecule has 0 aromatic carbocycles. The fraction of sp³-hybridized carbons (Fsp3) is 0.500. The number of thioether (sulfide) groups is 1. The van der Waals surface area contributed by atoms with Gasteiger partial charge in [0, 0.05) is 31.4 Å². The highest BCUT2D eigenvalue weighted by molar-refractivity contribution is 8.00. The summed E-state index contributed by atoms with van der Waals surface area (Å²) in [4.78, 5) is 16.9. The molecule has 1 N–H and O–H groups in total.